The maximum absolute atomic E-state index is 6.94. The molecule has 4 nitrogen and oxygen atoms in total. The second kappa shape index (κ2) is 30.6. The Labute approximate surface area is 322 Å². The first kappa shape index (κ1) is 44.6. The van der Waals surface area contributed by atoms with Gasteiger partial charge in [-0.05, 0) is 95.8 Å². The third-order valence-electron chi connectivity index (χ3n) is 11.3. The zero-order chi connectivity index (χ0) is 36.6. The molecule has 0 radical (unpaired) electrons. The van der Waals surface area contributed by atoms with Gasteiger partial charge in [0.25, 0.3) is 0 Å². The third kappa shape index (κ3) is 21.2. The molecule has 0 aliphatic carbocycles. The lowest BCUT2D eigenvalue weighted by Crippen LogP contribution is -2.37. The molecule has 0 aromatic carbocycles. The Morgan fingerprint density at radius 1 is 0.558 bits per heavy atom. The standard InChI is InChI=1S/C48H82N2O2/c1-3-5-7-9-11-13-15-17-19-21-23-25-27-29-31-33-38-48(39-34-32-30-28-26-24-22-20-18-16-14-12-10-8-6-4-2)51-46-43-50(44-47(46)52-48)42-45-36-35-40-49-41-37-45/h11-14,17-20,35,40-41,45-47H,3-10,15-16,21-34,36-39,42-44H2,1-2H3/b13-11-,14-12-,19-17-,20-18-/t45?,46-,47-/m0/s1. The maximum Gasteiger partial charge on any atom is 0.169 e. The number of ether oxygens (including phenoxy) is 2. The summed E-state index contributed by atoms with van der Waals surface area (Å²) in [6.07, 6.45) is 60.9. The lowest BCUT2D eigenvalue weighted by molar-refractivity contribution is -0.194. The van der Waals surface area contributed by atoms with Crippen molar-refractivity contribution in [3.8, 4) is 0 Å². The SMILES string of the molecule is CCCCC/C=C\C/C=C\CCCCCCCCC1(CCCCCCCC/C=C\C/C=C\CCCCC)O[C@H]2CN(CC3CC=CN=CC3)C[C@@H]2O1. The fraction of sp³-hybridized carbons (Fsp3) is 0.771. The molecule has 0 amide bonds. The monoisotopic (exact) mass is 719 g/mol. The molecule has 3 aliphatic rings. The molecule has 3 aliphatic heterocycles. The second-order valence-corrected chi connectivity index (χ2v) is 16.2. The normalized spacial score (nSPS) is 21.9. The summed E-state index contributed by atoms with van der Waals surface area (Å²) >= 11 is 0. The van der Waals surface area contributed by atoms with Crippen LogP contribution < -0.4 is 0 Å². The van der Waals surface area contributed by atoms with E-state index in [1.807, 2.05) is 6.20 Å². The van der Waals surface area contributed by atoms with Crippen molar-refractivity contribution in [3.05, 3.63) is 60.9 Å². The lowest BCUT2D eigenvalue weighted by Gasteiger charge is -2.31. The van der Waals surface area contributed by atoms with Crippen molar-refractivity contribution in [2.75, 3.05) is 19.6 Å². The number of allylic oxidation sites excluding steroid dienone is 9. The molecule has 0 spiro atoms. The summed E-state index contributed by atoms with van der Waals surface area (Å²) in [5, 5.41) is 0. The zero-order valence-electron chi connectivity index (χ0n) is 34.2. The predicted molar refractivity (Wildman–Crippen MR) is 227 cm³/mol. The van der Waals surface area contributed by atoms with E-state index in [1.54, 1.807) is 0 Å². The second-order valence-electron chi connectivity index (χ2n) is 16.2. The Morgan fingerprint density at radius 2 is 1.00 bits per heavy atom. The van der Waals surface area contributed by atoms with E-state index < -0.39 is 0 Å². The van der Waals surface area contributed by atoms with Crippen molar-refractivity contribution in [1.82, 2.24) is 4.90 Å². The summed E-state index contributed by atoms with van der Waals surface area (Å²) in [6, 6.07) is 0. The van der Waals surface area contributed by atoms with E-state index >= 15 is 0 Å². The van der Waals surface area contributed by atoms with E-state index in [-0.39, 0.29) is 18.0 Å². The highest BCUT2D eigenvalue weighted by molar-refractivity contribution is 5.59. The van der Waals surface area contributed by atoms with Gasteiger partial charge in [-0.1, -0.05) is 146 Å². The van der Waals surface area contributed by atoms with Crippen molar-refractivity contribution < 1.29 is 9.47 Å². The summed E-state index contributed by atoms with van der Waals surface area (Å²) in [5.74, 6) is 0.312. The molecule has 3 rings (SSSR count). The van der Waals surface area contributed by atoms with Crippen LogP contribution in [-0.4, -0.2) is 48.7 Å². The van der Waals surface area contributed by atoms with E-state index in [0.29, 0.717) is 5.92 Å². The van der Waals surface area contributed by atoms with E-state index in [1.165, 1.54) is 141 Å². The summed E-state index contributed by atoms with van der Waals surface area (Å²) in [7, 11) is 0. The van der Waals surface area contributed by atoms with Crippen LogP contribution in [0.25, 0.3) is 0 Å². The summed E-state index contributed by atoms with van der Waals surface area (Å²) in [4.78, 5) is 6.95. The molecular formula is C48H82N2O2. The van der Waals surface area contributed by atoms with Gasteiger partial charge in [-0.15, -0.1) is 0 Å². The van der Waals surface area contributed by atoms with E-state index in [4.69, 9.17) is 9.47 Å². The molecule has 3 atom stereocenters. The topological polar surface area (TPSA) is 34.1 Å². The van der Waals surface area contributed by atoms with Crippen molar-refractivity contribution >= 4 is 6.21 Å². The average molecular weight is 719 g/mol. The van der Waals surface area contributed by atoms with Gasteiger partial charge in [0.1, 0.15) is 12.2 Å². The molecule has 0 N–H and O–H groups in total. The Balaban J connectivity index is 1.28. The Kier molecular flexibility index (Phi) is 26.2. The highest BCUT2D eigenvalue weighted by Gasteiger charge is 2.50. The number of hydrogen-bond donors (Lipinski definition) is 0. The first-order valence-electron chi connectivity index (χ1n) is 22.6. The van der Waals surface area contributed by atoms with Crippen LogP contribution in [0.15, 0.2) is 65.9 Å². The van der Waals surface area contributed by atoms with Gasteiger partial charge in [0.2, 0.25) is 0 Å². The lowest BCUT2D eigenvalue weighted by atomic mass is 9.98. The number of hydrogen-bond acceptors (Lipinski definition) is 4. The molecule has 0 aromatic heterocycles. The smallest absolute Gasteiger partial charge is 0.169 e. The molecule has 296 valence electrons. The van der Waals surface area contributed by atoms with Crippen LogP contribution in [-0.2, 0) is 9.47 Å². The zero-order valence-corrected chi connectivity index (χ0v) is 34.2. The van der Waals surface area contributed by atoms with Crippen LogP contribution in [0.5, 0.6) is 0 Å². The summed E-state index contributed by atoms with van der Waals surface area (Å²) in [6.45, 7) is 7.72. The highest BCUT2D eigenvalue weighted by Crippen LogP contribution is 2.41. The fourth-order valence-electron chi connectivity index (χ4n) is 8.09. The summed E-state index contributed by atoms with van der Waals surface area (Å²) in [5.41, 5.74) is 0. The van der Waals surface area contributed by atoms with Gasteiger partial charge in [0, 0.05) is 44.9 Å². The van der Waals surface area contributed by atoms with Gasteiger partial charge < -0.3 is 9.47 Å². The van der Waals surface area contributed by atoms with Crippen LogP contribution in [0.4, 0.5) is 0 Å². The molecule has 4 heteroatoms. The first-order chi connectivity index (χ1) is 25.7. The number of likely N-dealkylation sites (tertiary alicyclic amines) is 1. The van der Waals surface area contributed by atoms with Gasteiger partial charge in [0.15, 0.2) is 5.79 Å². The van der Waals surface area contributed by atoms with Crippen molar-refractivity contribution in [3.63, 3.8) is 0 Å². The van der Waals surface area contributed by atoms with Crippen molar-refractivity contribution in [2.24, 2.45) is 10.9 Å². The summed E-state index contributed by atoms with van der Waals surface area (Å²) < 4.78 is 13.9. The van der Waals surface area contributed by atoms with Crippen molar-refractivity contribution in [2.45, 2.75) is 212 Å². The van der Waals surface area contributed by atoms with Crippen LogP contribution in [0.2, 0.25) is 0 Å². The largest absolute Gasteiger partial charge is 0.343 e. The molecule has 0 saturated carbocycles. The van der Waals surface area contributed by atoms with Gasteiger partial charge in [-0.25, -0.2) is 0 Å². The molecule has 0 aromatic rings. The minimum atomic E-state index is -0.344. The highest BCUT2D eigenvalue weighted by atomic mass is 16.8. The number of rotatable bonds is 32. The Morgan fingerprint density at radius 3 is 1.48 bits per heavy atom. The van der Waals surface area contributed by atoms with Crippen molar-refractivity contribution in [1.29, 1.82) is 0 Å². The van der Waals surface area contributed by atoms with Gasteiger partial charge in [0.05, 0.1) is 0 Å². The molecule has 2 saturated heterocycles. The molecule has 1 unspecified atom stereocenters. The minimum absolute atomic E-state index is 0.240. The van der Waals surface area contributed by atoms with E-state index in [2.05, 4.69) is 84.6 Å². The molecule has 2 fully saturated rings. The van der Waals surface area contributed by atoms with Gasteiger partial charge >= 0.3 is 0 Å². The van der Waals surface area contributed by atoms with E-state index in [0.717, 1.165) is 58.2 Å². The fourth-order valence-corrected chi connectivity index (χ4v) is 8.09. The van der Waals surface area contributed by atoms with Crippen LogP contribution in [0, 0.1) is 5.92 Å². The Bertz CT molecular complexity index is 947. The maximum atomic E-state index is 6.94. The molecule has 52 heavy (non-hydrogen) atoms. The van der Waals surface area contributed by atoms with Gasteiger partial charge in [-0.3, -0.25) is 9.89 Å². The number of unbranched alkanes of at least 4 members (excludes halogenated alkanes) is 18. The van der Waals surface area contributed by atoms with Crippen LogP contribution in [0.1, 0.15) is 194 Å². The van der Waals surface area contributed by atoms with E-state index in [9.17, 15) is 0 Å². The molecular weight excluding hydrogens is 637 g/mol. The minimum Gasteiger partial charge on any atom is -0.343 e. The quantitative estimate of drug-likeness (QED) is 0.0513. The first-order valence-corrected chi connectivity index (χ1v) is 22.6. The molecule has 0 bridgehead atoms. The number of nitrogens with zero attached hydrogens (tertiary/aromatic N) is 2. The number of fused-ring (bicyclic) bond motifs is 1. The predicted octanol–water partition coefficient (Wildman–Crippen LogP) is 14.2. The molecule has 3 heterocycles. The third-order valence-corrected chi connectivity index (χ3v) is 11.3. The van der Waals surface area contributed by atoms with Crippen LogP contribution >= 0.6 is 0 Å². The number of aliphatic imine (C=N–C) groups is 1. The van der Waals surface area contributed by atoms with Crippen LogP contribution in [0.3, 0.4) is 0 Å². The Hall–Kier alpha value is -1.75. The average Bonchev–Trinajstić information content (AvgIpc) is 3.54. The van der Waals surface area contributed by atoms with Gasteiger partial charge in [-0.2, -0.15) is 0 Å².